The summed E-state index contributed by atoms with van der Waals surface area (Å²) in [6.07, 6.45) is 0. The van der Waals surface area contributed by atoms with Crippen LogP contribution in [0.4, 0.5) is 0 Å². The maximum Gasteiger partial charge on any atom is 0.240 e. The number of carbonyl (C=O) groups excluding carboxylic acids is 2. The second kappa shape index (κ2) is 6.75. The zero-order chi connectivity index (χ0) is 15.3. The lowest BCUT2D eigenvalue weighted by Crippen LogP contribution is -2.46. The Morgan fingerprint density at radius 2 is 1.85 bits per heavy atom. The van der Waals surface area contributed by atoms with E-state index < -0.39 is 0 Å². The van der Waals surface area contributed by atoms with Crippen LogP contribution in [0.15, 0.2) is 24.3 Å². The second-order valence-corrected chi connectivity index (χ2v) is 6.17. The van der Waals surface area contributed by atoms with Crippen molar-refractivity contribution in [2.45, 2.75) is 39.8 Å². The van der Waals surface area contributed by atoms with Crippen molar-refractivity contribution in [1.29, 1.82) is 0 Å². The molecule has 1 rings (SSSR count). The third kappa shape index (κ3) is 5.61. The van der Waals surface area contributed by atoms with Gasteiger partial charge in [-0.15, -0.1) is 0 Å². The number of amides is 2. The van der Waals surface area contributed by atoms with E-state index in [1.165, 1.54) is 11.8 Å². The van der Waals surface area contributed by atoms with Crippen molar-refractivity contribution in [3.05, 3.63) is 34.9 Å². The molecule has 5 heteroatoms. The van der Waals surface area contributed by atoms with Crippen molar-refractivity contribution >= 4 is 23.4 Å². The Morgan fingerprint density at radius 1 is 1.25 bits per heavy atom. The van der Waals surface area contributed by atoms with Gasteiger partial charge in [-0.3, -0.25) is 9.59 Å². The quantitative estimate of drug-likeness (QED) is 0.928. The van der Waals surface area contributed by atoms with Crippen molar-refractivity contribution in [3.63, 3.8) is 0 Å². The highest BCUT2D eigenvalue weighted by Gasteiger charge is 2.19. The fourth-order valence-electron chi connectivity index (χ4n) is 1.74. The Morgan fingerprint density at radius 3 is 2.35 bits per heavy atom. The van der Waals surface area contributed by atoms with Gasteiger partial charge in [0.05, 0.1) is 6.54 Å². The monoisotopic (exact) mass is 296 g/mol. The van der Waals surface area contributed by atoms with E-state index >= 15 is 0 Å². The van der Waals surface area contributed by atoms with Crippen LogP contribution in [0.1, 0.15) is 33.3 Å². The third-order valence-electron chi connectivity index (χ3n) is 2.61. The van der Waals surface area contributed by atoms with Crippen molar-refractivity contribution in [1.82, 2.24) is 10.2 Å². The Bertz CT molecular complexity index is 495. The molecule has 0 fully saturated rings. The van der Waals surface area contributed by atoms with Gasteiger partial charge in [-0.2, -0.15) is 0 Å². The molecule has 0 unspecified atom stereocenters. The number of carbonyl (C=O) groups is 2. The summed E-state index contributed by atoms with van der Waals surface area (Å²) in [5, 5.41) is 3.43. The summed E-state index contributed by atoms with van der Waals surface area (Å²) in [5.41, 5.74) is 0.511. The highest BCUT2D eigenvalue weighted by atomic mass is 35.5. The Balaban J connectivity index is 2.74. The highest BCUT2D eigenvalue weighted by Crippen LogP contribution is 2.17. The third-order valence-corrected chi connectivity index (χ3v) is 2.98. The largest absolute Gasteiger partial charge is 0.350 e. The first kappa shape index (κ1) is 16.5. The molecule has 0 saturated heterocycles. The number of rotatable bonds is 4. The van der Waals surface area contributed by atoms with Crippen LogP contribution in [-0.2, 0) is 16.1 Å². The van der Waals surface area contributed by atoms with E-state index in [4.69, 9.17) is 11.6 Å². The van der Waals surface area contributed by atoms with Crippen LogP contribution in [-0.4, -0.2) is 28.8 Å². The van der Waals surface area contributed by atoms with Crippen LogP contribution in [0.2, 0.25) is 5.02 Å². The van der Waals surface area contributed by atoms with E-state index in [0.717, 1.165) is 5.56 Å². The summed E-state index contributed by atoms with van der Waals surface area (Å²) in [6.45, 7) is 7.50. The summed E-state index contributed by atoms with van der Waals surface area (Å²) < 4.78 is 0. The van der Waals surface area contributed by atoms with Gasteiger partial charge in [0, 0.05) is 24.0 Å². The van der Waals surface area contributed by atoms with Gasteiger partial charge in [-0.05, 0) is 32.4 Å². The van der Waals surface area contributed by atoms with Gasteiger partial charge in [0.2, 0.25) is 11.8 Å². The molecule has 0 saturated carbocycles. The number of nitrogens with one attached hydrogen (secondary N) is 1. The zero-order valence-electron chi connectivity index (χ0n) is 12.4. The maximum absolute atomic E-state index is 11.9. The summed E-state index contributed by atoms with van der Waals surface area (Å²) in [6, 6.07) is 7.30. The van der Waals surface area contributed by atoms with Crippen LogP contribution in [0.25, 0.3) is 0 Å². The fraction of sp³-hybridized carbons (Fsp3) is 0.467. The van der Waals surface area contributed by atoms with Crippen LogP contribution in [0.5, 0.6) is 0 Å². The Kier molecular flexibility index (Phi) is 5.57. The molecule has 0 aromatic heterocycles. The first-order chi connectivity index (χ1) is 9.19. The minimum absolute atomic E-state index is 0.0256. The minimum atomic E-state index is -0.316. The summed E-state index contributed by atoms with van der Waals surface area (Å²) >= 11 is 6.08. The van der Waals surface area contributed by atoms with Gasteiger partial charge < -0.3 is 10.2 Å². The molecule has 0 aliphatic rings. The summed E-state index contributed by atoms with van der Waals surface area (Å²) in [4.78, 5) is 25.0. The molecule has 2 amide bonds. The Hall–Kier alpha value is -1.55. The zero-order valence-corrected chi connectivity index (χ0v) is 13.1. The number of halogens is 1. The second-order valence-electron chi connectivity index (χ2n) is 5.76. The van der Waals surface area contributed by atoms with Gasteiger partial charge in [0.15, 0.2) is 0 Å². The van der Waals surface area contributed by atoms with E-state index in [9.17, 15) is 9.59 Å². The van der Waals surface area contributed by atoms with Crippen LogP contribution in [0, 0.1) is 0 Å². The molecule has 20 heavy (non-hydrogen) atoms. The molecule has 1 N–H and O–H groups in total. The summed E-state index contributed by atoms with van der Waals surface area (Å²) in [5.74, 6) is -0.339. The van der Waals surface area contributed by atoms with E-state index in [0.29, 0.717) is 11.6 Å². The lowest BCUT2D eigenvalue weighted by atomic mass is 10.1. The lowest BCUT2D eigenvalue weighted by Gasteiger charge is -2.25. The van der Waals surface area contributed by atoms with Gasteiger partial charge in [0.25, 0.3) is 0 Å². The molecule has 0 bridgehead atoms. The minimum Gasteiger partial charge on any atom is -0.350 e. The van der Waals surface area contributed by atoms with Crippen molar-refractivity contribution in [2.24, 2.45) is 0 Å². The van der Waals surface area contributed by atoms with Crippen molar-refractivity contribution in [2.75, 3.05) is 6.54 Å². The number of hydrogen-bond donors (Lipinski definition) is 1. The van der Waals surface area contributed by atoms with Gasteiger partial charge in [-0.1, -0.05) is 29.8 Å². The average molecular weight is 297 g/mol. The molecule has 1 aromatic carbocycles. The van der Waals surface area contributed by atoms with Gasteiger partial charge in [-0.25, -0.2) is 0 Å². The molecule has 0 radical (unpaired) electrons. The van der Waals surface area contributed by atoms with E-state index in [1.807, 2.05) is 39.0 Å². The first-order valence-corrected chi connectivity index (χ1v) is 6.87. The molecule has 0 aliphatic carbocycles. The molecule has 4 nitrogen and oxygen atoms in total. The predicted molar refractivity (Wildman–Crippen MR) is 80.4 cm³/mol. The van der Waals surface area contributed by atoms with E-state index in [2.05, 4.69) is 5.32 Å². The molecular formula is C15H21ClN2O2. The topological polar surface area (TPSA) is 49.4 Å². The average Bonchev–Trinajstić information content (AvgIpc) is 2.28. The molecule has 110 valence electrons. The normalized spacial score (nSPS) is 11.1. The van der Waals surface area contributed by atoms with E-state index in [-0.39, 0.29) is 23.9 Å². The molecular weight excluding hydrogens is 276 g/mol. The van der Waals surface area contributed by atoms with Gasteiger partial charge in [0.1, 0.15) is 0 Å². The predicted octanol–water partition coefficient (Wildman–Crippen LogP) is 2.60. The SMILES string of the molecule is CC(=O)N(CC(=O)NC(C)(C)C)Cc1ccccc1Cl. The van der Waals surface area contributed by atoms with Crippen molar-refractivity contribution in [3.8, 4) is 0 Å². The molecule has 1 aromatic rings. The smallest absolute Gasteiger partial charge is 0.240 e. The number of nitrogens with zero attached hydrogens (tertiary/aromatic N) is 1. The lowest BCUT2D eigenvalue weighted by molar-refractivity contribution is -0.135. The highest BCUT2D eigenvalue weighted by molar-refractivity contribution is 6.31. The van der Waals surface area contributed by atoms with E-state index in [1.54, 1.807) is 6.07 Å². The number of benzene rings is 1. The van der Waals surface area contributed by atoms with Gasteiger partial charge >= 0.3 is 0 Å². The molecule has 0 aliphatic heterocycles. The number of hydrogen-bond acceptors (Lipinski definition) is 2. The Labute approximate surface area is 125 Å². The van der Waals surface area contributed by atoms with Crippen LogP contribution >= 0.6 is 11.6 Å². The molecule has 0 spiro atoms. The molecule has 0 heterocycles. The standard InChI is InChI=1S/C15H21ClN2O2/c1-11(19)18(10-14(20)17-15(2,3)4)9-12-7-5-6-8-13(12)16/h5-8H,9-10H2,1-4H3,(H,17,20). The van der Waals surface area contributed by atoms with Crippen LogP contribution < -0.4 is 5.32 Å². The fourth-order valence-corrected chi connectivity index (χ4v) is 1.94. The maximum atomic E-state index is 11.9. The molecule has 0 atom stereocenters. The van der Waals surface area contributed by atoms with Crippen LogP contribution in [0.3, 0.4) is 0 Å². The van der Waals surface area contributed by atoms with Crippen molar-refractivity contribution < 1.29 is 9.59 Å². The summed E-state index contributed by atoms with van der Waals surface area (Å²) in [7, 11) is 0. The first-order valence-electron chi connectivity index (χ1n) is 6.49.